The number of fused-ring (bicyclic) bond motifs is 2. The summed E-state index contributed by atoms with van der Waals surface area (Å²) in [4.78, 5) is 56.4. The van der Waals surface area contributed by atoms with Crippen molar-refractivity contribution in [3.05, 3.63) is 63.2 Å². The lowest BCUT2D eigenvalue weighted by Gasteiger charge is -2.32. The predicted octanol–water partition coefficient (Wildman–Crippen LogP) is 2.38. The van der Waals surface area contributed by atoms with Crippen molar-refractivity contribution in [2.45, 2.75) is 58.3 Å². The number of pyridine rings is 1. The number of rotatable bonds is 7. The fourth-order valence-corrected chi connectivity index (χ4v) is 6.12. The number of carbonyl (C=O) groups excluding carboxylic acids is 3. The summed E-state index contributed by atoms with van der Waals surface area (Å²) in [7, 11) is 0. The summed E-state index contributed by atoms with van der Waals surface area (Å²) in [5.74, 6) is -3.24. The largest absolute Gasteiger partial charge is 0.435 e. The Morgan fingerprint density at radius 3 is 2.56 bits per heavy atom. The monoisotopic (exact) mass is 572 g/mol. The number of halogens is 3. The van der Waals surface area contributed by atoms with E-state index in [1.54, 1.807) is 12.1 Å². The number of nitrogens with two attached hydrogens (primary N) is 1. The Hall–Kier alpha value is -4.16. The number of aryl methyl sites for hydroxylation is 1. The summed E-state index contributed by atoms with van der Waals surface area (Å²) in [5.41, 5.74) is 5.63. The topological polar surface area (TPSA) is 154 Å². The van der Waals surface area contributed by atoms with Gasteiger partial charge in [0.2, 0.25) is 17.7 Å². The summed E-state index contributed by atoms with van der Waals surface area (Å²) in [6.45, 7) is 7.53. The molecule has 3 heterocycles. The van der Waals surface area contributed by atoms with Gasteiger partial charge in [0.15, 0.2) is 5.69 Å². The van der Waals surface area contributed by atoms with Crippen LogP contribution in [0.5, 0.6) is 0 Å². The standard InChI is InChI=1S/C28H31F3N6O4/c1-12-5-6-17-14(7-12)8-15(24(39)33-17)9-19(23(32)38)34-25(40)22-21-16(27(21,3)4)11-37(22)26(41)13(2)18-10-20(36-35-18)28(29,30)31/h5-8,10,13,16,19,21-22H,9,11H2,1-4H3,(H2,32,38)(H,33,39)(H,34,40)(H,35,36)/t13?,16-,19-,21-,22-/m0/s1. The second kappa shape index (κ2) is 9.74. The van der Waals surface area contributed by atoms with Gasteiger partial charge in [-0.25, -0.2) is 0 Å². The molecule has 2 fully saturated rings. The van der Waals surface area contributed by atoms with Crippen molar-refractivity contribution in [1.29, 1.82) is 0 Å². The predicted molar refractivity (Wildman–Crippen MR) is 142 cm³/mol. The second-order valence-electron chi connectivity index (χ2n) is 11.7. The highest BCUT2D eigenvalue weighted by Gasteiger charge is 2.69. The molecule has 3 aromatic rings. The number of primary amides is 1. The molecule has 10 nitrogen and oxygen atoms in total. The van der Waals surface area contributed by atoms with Crippen molar-refractivity contribution in [1.82, 2.24) is 25.4 Å². The number of aromatic amines is 2. The van der Waals surface area contributed by atoms with Crippen molar-refractivity contribution < 1.29 is 27.6 Å². The first kappa shape index (κ1) is 28.4. The van der Waals surface area contributed by atoms with E-state index in [-0.39, 0.29) is 41.5 Å². The highest BCUT2D eigenvalue weighted by atomic mass is 19.4. The van der Waals surface area contributed by atoms with E-state index in [1.165, 1.54) is 11.8 Å². The Morgan fingerprint density at radius 1 is 1.22 bits per heavy atom. The molecule has 218 valence electrons. The van der Waals surface area contributed by atoms with Crippen molar-refractivity contribution in [2.75, 3.05) is 6.54 Å². The number of hydrogen-bond donors (Lipinski definition) is 4. The Bertz CT molecular complexity index is 1610. The molecule has 5 rings (SSSR count). The van der Waals surface area contributed by atoms with Gasteiger partial charge in [-0.1, -0.05) is 25.5 Å². The third kappa shape index (κ3) is 5.08. The van der Waals surface area contributed by atoms with E-state index in [0.29, 0.717) is 5.52 Å². The molecular formula is C28H31F3N6O4. The number of alkyl halides is 3. The molecular weight excluding hydrogens is 541 g/mol. The van der Waals surface area contributed by atoms with Crippen LogP contribution in [0.2, 0.25) is 0 Å². The molecule has 1 aromatic carbocycles. The molecule has 3 amide bonds. The lowest BCUT2D eigenvalue weighted by Crippen LogP contribution is -2.55. The lowest BCUT2D eigenvalue weighted by atomic mass is 9.97. The molecule has 2 aliphatic rings. The fraction of sp³-hybridized carbons (Fsp3) is 0.464. The van der Waals surface area contributed by atoms with Gasteiger partial charge in [-0.2, -0.15) is 18.3 Å². The van der Waals surface area contributed by atoms with E-state index in [9.17, 15) is 32.3 Å². The molecule has 1 unspecified atom stereocenters. The van der Waals surface area contributed by atoms with Crippen LogP contribution in [0.3, 0.4) is 0 Å². The Labute approximate surface area is 232 Å². The first-order chi connectivity index (χ1) is 19.1. The van der Waals surface area contributed by atoms with Crippen LogP contribution in [0.4, 0.5) is 13.2 Å². The van der Waals surface area contributed by atoms with Crippen LogP contribution in [-0.2, 0) is 27.0 Å². The number of amides is 3. The molecule has 41 heavy (non-hydrogen) atoms. The second-order valence-corrected chi connectivity index (χ2v) is 11.7. The number of H-pyrrole nitrogens is 2. The average molecular weight is 573 g/mol. The third-order valence-electron chi connectivity index (χ3n) is 8.65. The van der Waals surface area contributed by atoms with Crippen LogP contribution in [0, 0.1) is 24.2 Å². The summed E-state index contributed by atoms with van der Waals surface area (Å²) >= 11 is 0. The molecule has 0 radical (unpaired) electrons. The average Bonchev–Trinajstić information content (AvgIpc) is 3.31. The van der Waals surface area contributed by atoms with Crippen molar-refractivity contribution >= 4 is 28.6 Å². The number of nitrogens with zero attached hydrogens (tertiary/aromatic N) is 2. The van der Waals surface area contributed by atoms with E-state index in [0.717, 1.165) is 17.0 Å². The number of hydrogen-bond acceptors (Lipinski definition) is 5. The Morgan fingerprint density at radius 2 is 1.93 bits per heavy atom. The molecule has 1 aliphatic carbocycles. The van der Waals surface area contributed by atoms with E-state index < -0.39 is 53.2 Å². The molecule has 0 bridgehead atoms. The number of piperidine rings is 1. The van der Waals surface area contributed by atoms with Crippen LogP contribution >= 0.6 is 0 Å². The smallest absolute Gasteiger partial charge is 0.368 e. The van der Waals surface area contributed by atoms with Gasteiger partial charge in [-0.05, 0) is 60.7 Å². The van der Waals surface area contributed by atoms with E-state index in [2.05, 4.69) is 20.5 Å². The van der Waals surface area contributed by atoms with Crippen molar-refractivity contribution in [2.24, 2.45) is 23.0 Å². The van der Waals surface area contributed by atoms with E-state index in [1.807, 2.05) is 32.9 Å². The molecule has 2 aromatic heterocycles. The van der Waals surface area contributed by atoms with Gasteiger partial charge >= 0.3 is 6.18 Å². The normalized spacial score (nSPS) is 22.7. The zero-order valence-corrected chi connectivity index (χ0v) is 22.9. The summed E-state index contributed by atoms with van der Waals surface area (Å²) in [6.07, 6.45) is -4.84. The summed E-state index contributed by atoms with van der Waals surface area (Å²) < 4.78 is 39.1. The number of likely N-dealkylation sites (tertiary alicyclic amines) is 1. The zero-order chi connectivity index (χ0) is 30.0. The summed E-state index contributed by atoms with van der Waals surface area (Å²) in [6, 6.07) is 5.74. The van der Waals surface area contributed by atoms with E-state index >= 15 is 0 Å². The highest BCUT2D eigenvalue weighted by Crippen LogP contribution is 2.65. The number of nitrogens with one attached hydrogen (secondary N) is 3. The summed E-state index contributed by atoms with van der Waals surface area (Å²) in [5, 5.41) is 8.95. The van der Waals surface area contributed by atoms with Crippen LogP contribution in [0.25, 0.3) is 10.9 Å². The maximum absolute atomic E-state index is 13.7. The zero-order valence-electron chi connectivity index (χ0n) is 22.9. The number of benzene rings is 1. The van der Waals surface area contributed by atoms with Gasteiger partial charge in [0.1, 0.15) is 12.1 Å². The lowest BCUT2D eigenvalue weighted by molar-refractivity contribution is -0.142. The minimum atomic E-state index is -4.67. The molecule has 0 spiro atoms. The first-order valence-electron chi connectivity index (χ1n) is 13.2. The van der Waals surface area contributed by atoms with Gasteiger partial charge in [0.05, 0.1) is 5.92 Å². The van der Waals surface area contributed by atoms with E-state index in [4.69, 9.17) is 5.73 Å². The quantitative estimate of drug-likeness (QED) is 0.342. The number of aromatic nitrogens is 3. The van der Waals surface area contributed by atoms with Gasteiger partial charge < -0.3 is 20.9 Å². The molecule has 5 atom stereocenters. The van der Waals surface area contributed by atoms with Crippen molar-refractivity contribution in [3.8, 4) is 0 Å². The van der Waals surface area contributed by atoms with Gasteiger partial charge in [0.25, 0.3) is 5.56 Å². The van der Waals surface area contributed by atoms with Gasteiger partial charge in [-0.15, -0.1) is 0 Å². The molecule has 1 aliphatic heterocycles. The van der Waals surface area contributed by atoms with Crippen LogP contribution in [-0.4, -0.2) is 56.4 Å². The van der Waals surface area contributed by atoms with Crippen molar-refractivity contribution in [3.63, 3.8) is 0 Å². The first-order valence-corrected chi connectivity index (χ1v) is 13.2. The SMILES string of the molecule is Cc1ccc2[nH]c(=O)c(C[C@H](NC(=O)[C@@H]3[C@@H]4[C@H](CN3C(=O)C(C)c3cc(C(F)(F)F)n[nH]3)C4(C)C)C(N)=O)cc2c1. The molecule has 5 N–H and O–H groups in total. The molecule has 1 saturated heterocycles. The Balaban J connectivity index is 1.37. The van der Waals surface area contributed by atoms with Crippen LogP contribution in [0.1, 0.15) is 49.2 Å². The number of carbonyl (C=O) groups is 3. The van der Waals surface area contributed by atoms with Gasteiger partial charge in [-0.3, -0.25) is 24.3 Å². The molecule has 13 heteroatoms. The fourth-order valence-electron chi connectivity index (χ4n) is 6.12. The Kier molecular flexibility index (Phi) is 6.74. The van der Waals surface area contributed by atoms with Crippen LogP contribution in [0.15, 0.2) is 35.1 Å². The maximum atomic E-state index is 13.7. The molecule has 1 saturated carbocycles. The highest BCUT2D eigenvalue weighted by molar-refractivity contribution is 5.94. The van der Waals surface area contributed by atoms with Crippen LogP contribution < -0.4 is 16.6 Å². The minimum absolute atomic E-state index is 0.000466. The maximum Gasteiger partial charge on any atom is 0.435 e. The van der Waals surface area contributed by atoms with Gasteiger partial charge in [0, 0.05) is 29.7 Å². The third-order valence-corrected chi connectivity index (χ3v) is 8.65. The minimum Gasteiger partial charge on any atom is -0.368 e.